The lowest BCUT2D eigenvalue weighted by atomic mass is 9.97. The van der Waals surface area contributed by atoms with Crippen molar-refractivity contribution in [1.29, 1.82) is 0 Å². The van der Waals surface area contributed by atoms with Crippen LogP contribution in [0.4, 0.5) is 4.79 Å². The SMILES string of the molecule is CC(CCNC(=O)C1(NC(=O)OCC2c3ccccc3-c3ccccc32)CCN(Cc2ccccc2)C1)C(=O)O. The van der Waals surface area contributed by atoms with E-state index in [1.807, 2.05) is 54.6 Å². The Morgan fingerprint density at radius 2 is 1.60 bits per heavy atom. The number of aliphatic carboxylic acids is 1. The first-order chi connectivity index (χ1) is 19.4. The number of carbonyl (C=O) groups is 3. The van der Waals surface area contributed by atoms with Crippen molar-refractivity contribution in [3.05, 3.63) is 95.6 Å². The number of carboxylic acid groups (broad SMARTS) is 1. The minimum atomic E-state index is -1.18. The van der Waals surface area contributed by atoms with Crippen molar-refractivity contribution in [1.82, 2.24) is 15.5 Å². The van der Waals surface area contributed by atoms with E-state index >= 15 is 0 Å². The van der Waals surface area contributed by atoms with Crippen molar-refractivity contribution in [2.45, 2.75) is 37.8 Å². The summed E-state index contributed by atoms with van der Waals surface area (Å²) >= 11 is 0. The Morgan fingerprint density at radius 1 is 0.975 bits per heavy atom. The van der Waals surface area contributed by atoms with Gasteiger partial charge in [0.1, 0.15) is 12.1 Å². The summed E-state index contributed by atoms with van der Waals surface area (Å²) in [4.78, 5) is 40.0. The maximum atomic E-state index is 13.5. The highest BCUT2D eigenvalue weighted by Gasteiger charge is 2.46. The first-order valence-corrected chi connectivity index (χ1v) is 13.8. The highest BCUT2D eigenvalue weighted by molar-refractivity contribution is 5.91. The molecule has 0 saturated carbocycles. The second-order valence-electron chi connectivity index (χ2n) is 10.8. The molecule has 3 aromatic rings. The average molecular weight is 542 g/mol. The summed E-state index contributed by atoms with van der Waals surface area (Å²) in [6.07, 6.45) is 0.0812. The van der Waals surface area contributed by atoms with E-state index in [9.17, 15) is 19.5 Å². The average Bonchev–Trinajstić information content (AvgIpc) is 3.51. The third kappa shape index (κ3) is 5.87. The van der Waals surface area contributed by atoms with Gasteiger partial charge in [-0.1, -0.05) is 85.8 Å². The zero-order valence-corrected chi connectivity index (χ0v) is 22.6. The number of amides is 2. The molecule has 208 valence electrons. The lowest BCUT2D eigenvalue weighted by Gasteiger charge is -2.29. The Balaban J connectivity index is 1.27. The second-order valence-corrected chi connectivity index (χ2v) is 10.8. The number of hydrogen-bond donors (Lipinski definition) is 3. The van der Waals surface area contributed by atoms with Crippen LogP contribution in [0.25, 0.3) is 11.1 Å². The Bertz CT molecular complexity index is 1330. The first kappa shape index (κ1) is 27.4. The Labute approximate surface area is 234 Å². The van der Waals surface area contributed by atoms with E-state index in [1.54, 1.807) is 6.92 Å². The maximum Gasteiger partial charge on any atom is 0.408 e. The van der Waals surface area contributed by atoms with Crippen LogP contribution >= 0.6 is 0 Å². The minimum Gasteiger partial charge on any atom is -0.481 e. The van der Waals surface area contributed by atoms with Crippen LogP contribution in [-0.2, 0) is 20.9 Å². The number of likely N-dealkylation sites (tertiary alicyclic amines) is 1. The van der Waals surface area contributed by atoms with E-state index < -0.39 is 23.5 Å². The molecule has 1 aliphatic heterocycles. The molecule has 2 unspecified atom stereocenters. The van der Waals surface area contributed by atoms with Crippen molar-refractivity contribution in [2.24, 2.45) is 5.92 Å². The van der Waals surface area contributed by atoms with Gasteiger partial charge in [-0.2, -0.15) is 0 Å². The lowest BCUT2D eigenvalue weighted by Crippen LogP contribution is -2.60. The third-order valence-electron chi connectivity index (χ3n) is 8.00. The Hall–Kier alpha value is -4.17. The topological polar surface area (TPSA) is 108 Å². The molecule has 0 aromatic heterocycles. The molecule has 1 fully saturated rings. The number of carbonyl (C=O) groups excluding carboxylic acids is 2. The molecule has 8 heteroatoms. The van der Waals surface area contributed by atoms with Gasteiger partial charge in [0.25, 0.3) is 0 Å². The van der Waals surface area contributed by atoms with Gasteiger partial charge in [0, 0.05) is 32.1 Å². The van der Waals surface area contributed by atoms with E-state index in [1.165, 1.54) is 0 Å². The molecule has 2 atom stereocenters. The molecule has 3 N–H and O–H groups in total. The molecule has 0 bridgehead atoms. The molecule has 8 nitrogen and oxygen atoms in total. The predicted octanol–water partition coefficient (Wildman–Crippen LogP) is 4.40. The summed E-state index contributed by atoms with van der Waals surface area (Å²) in [5.41, 5.74) is 4.47. The van der Waals surface area contributed by atoms with Crippen LogP contribution in [-0.4, -0.2) is 59.8 Å². The fourth-order valence-corrected chi connectivity index (χ4v) is 5.73. The Morgan fingerprint density at radius 3 is 2.25 bits per heavy atom. The normalized spacial score (nSPS) is 18.9. The Kier molecular flexibility index (Phi) is 8.16. The molecule has 2 amide bonds. The number of ether oxygens (including phenoxy) is 1. The third-order valence-corrected chi connectivity index (χ3v) is 8.00. The largest absolute Gasteiger partial charge is 0.481 e. The summed E-state index contributed by atoms with van der Waals surface area (Å²) < 4.78 is 5.78. The summed E-state index contributed by atoms with van der Waals surface area (Å²) in [5, 5.41) is 15.0. The highest BCUT2D eigenvalue weighted by atomic mass is 16.5. The number of nitrogens with one attached hydrogen (secondary N) is 2. The number of fused-ring (bicyclic) bond motifs is 3. The molecule has 0 spiro atoms. The van der Waals surface area contributed by atoms with Crippen molar-refractivity contribution in [3.63, 3.8) is 0 Å². The molecule has 1 aliphatic carbocycles. The van der Waals surface area contributed by atoms with Crippen LogP contribution in [0.5, 0.6) is 0 Å². The van der Waals surface area contributed by atoms with Crippen molar-refractivity contribution in [2.75, 3.05) is 26.2 Å². The smallest absolute Gasteiger partial charge is 0.408 e. The summed E-state index contributed by atoms with van der Waals surface area (Å²) in [5.74, 6) is -1.90. The second kappa shape index (κ2) is 11.9. The van der Waals surface area contributed by atoms with Gasteiger partial charge in [-0.3, -0.25) is 14.5 Å². The number of carboxylic acids is 1. The minimum absolute atomic E-state index is 0.0846. The van der Waals surface area contributed by atoms with Gasteiger partial charge in [0.05, 0.1) is 5.92 Å². The molecule has 1 saturated heterocycles. The number of rotatable bonds is 10. The van der Waals surface area contributed by atoms with Gasteiger partial charge in [0.2, 0.25) is 5.91 Å². The zero-order chi connectivity index (χ0) is 28.1. The van der Waals surface area contributed by atoms with Crippen molar-refractivity contribution < 1.29 is 24.2 Å². The summed E-state index contributed by atoms with van der Waals surface area (Å²) in [7, 11) is 0. The standard InChI is InChI=1S/C32H35N3O5/c1-22(29(36)37)15-17-33-30(38)32(16-18-35(21-32)19-23-9-3-2-4-10-23)34-31(39)40-20-28-26-13-7-5-11-24(26)25-12-6-8-14-27(25)28/h2-14,22,28H,15-21H2,1H3,(H,33,38)(H,34,39)(H,36,37). The fraction of sp³-hybridized carbons (Fsp3) is 0.344. The number of benzene rings is 3. The van der Waals surface area contributed by atoms with Crippen LogP contribution in [0, 0.1) is 5.92 Å². The molecular formula is C32H35N3O5. The lowest BCUT2D eigenvalue weighted by molar-refractivity contribution is -0.141. The van der Waals surface area contributed by atoms with E-state index in [-0.39, 0.29) is 25.0 Å². The maximum absolute atomic E-state index is 13.5. The van der Waals surface area contributed by atoms with E-state index in [4.69, 9.17) is 4.74 Å². The monoisotopic (exact) mass is 541 g/mol. The van der Waals surface area contributed by atoms with Crippen LogP contribution in [0.15, 0.2) is 78.9 Å². The number of hydrogen-bond acceptors (Lipinski definition) is 5. The first-order valence-electron chi connectivity index (χ1n) is 13.8. The fourth-order valence-electron chi connectivity index (χ4n) is 5.73. The van der Waals surface area contributed by atoms with E-state index in [0.29, 0.717) is 32.5 Å². The quantitative estimate of drug-likeness (QED) is 0.351. The molecule has 0 radical (unpaired) electrons. The van der Waals surface area contributed by atoms with Crippen molar-refractivity contribution >= 4 is 18.0 Å². The molecule has 40 heavy (non-hydrogen) atoms. The zero-order valence-electron chi connectivity index (χ0n) is 22.6. The van der Waals surface area contributed by atoms with E-state index in [0.717, 1.165) is 27.8 Å². The molecular weight excluding hydrogens is 506 g/mol. The van der Waals surface area contributed by atoms with Crippen molar-refractivity contribution in [3.8, 4) is 11.1 Å². The van der Waals surface area contributed by atoms with Gasteiger partial charge in [-0.15, -0.1) is 0 Å². The number of alkyl carbamates (subject to hydrolysis) is 1. The van der Waals surface area contributed by atoms with E-state index in [2.05, 4.69) is 39.8 Å². The van der Waals surface area contributed by atoms with Gasteiger partial charge < -0.3 is 20.5 Å². The summed E-state index contributed by atoms with van der Waals surface area (Å²) in [6, 6.07) is 26.3. The van der Waals surface area contributed by atoms with Gasteiger partial charge >= 0.3 is 12.1 Å². The molecule has 5 rings (SSSR count). The van der Waals surface area contributed by atoms with Gasteiger partial charge in [-0.25, -0.2) is 4.79 Å². The molecule has 3 aromatic carbocycles. The van der Waals surface area contributed by atoms with Crippen LogP contribution in [0.2, 0.25) is 0 Å². The predicted molar refractivity (Wildman–Crippen MR) is 152 cm³/mol. The highest BCUT2D eigenvalue weighted by Crippen LogP contribution is 2.44. The van der Waals surface area contributed by atoms with Gasteiger partial charge in [0.15, 0.2) is 0 Å². The molecule has 2 aliphatic rings. The van der Waals surface area contributed by atoms with Crippen LogP contribution in [0.1, 0.15) is 42.4 Å². The molecule has 1 heterocycles. The van der Waals surface area contributed by atoms with Crippen LogP contribution in [0.3, 0.4) is 0 Å². The summed E-state index contributed by atoms with van der Waals surface area (Å²) in [6.45, 7) is 3.57. The van der Waals surface area contributed by atoms with Crippen LogP contribution < -0.4 is 10.6 Å². The number of nitrogens with zero attached hydrogens (tertiary/aromatic N) is 1. The van der Waals surface area contributed by atoms with Gasteiger partial charge in [-0.05, 0) is 40.7 Å².